The molecule has 0 aromatic carbocycles. The summed E-state index contributed by atoms with van der Waals surface area (Å²) in [5.74, 6) is -0.316. The molecule has 1 aliphatic rings. The first kappa shape index (κ1) is 14.0. The molecule has 0 bridgehead atoms. The molecule has 0 N–H and O–H groups in total. The summed E-state index contributed by atoms with van der Waals surface area (Å²) in [6, 6.07) is 0. The third-order valence-electron chi connectivity index (χ3n) is 2.97. The number of hydrogen-bond acceptors (Lipinski definition) is 4. The van der Waals surface area contributed by atoms with E-state index in [0.717, 1.165) is 19.4 Å². The van der Waals surface area contributed by atoms with Crippen LogP contribution in [0.5, 0.6) is 0 Å². The predicted octanol–water partition coefficient (Wildman–Crippen LogP) is 0.825. The molecule has 5 heteroatoms. The fraction of sp³-hybridized carbons (Fsp3) is 0.833. The van der Waals surface area contributed by atoms with Crippen molar-refractivity contribution in [3.63, 3.8) is 0 Å². The molecule has 0 unspecified atom stereocenters. The number of carbonyl (C=O) groups is 2. The van der Waals surface area contributed by atoms with Crippen molar-refractivity contribution in [2.75, 3.05) is 33.4 Å². The molecule has 0 aromatic rings. The Morgan fingerprint density at radius 1 is 1.41 bits per heavy atom. The van der Waals surface area contributed by atoms with Gasteiger partial charge in [0.2, 0.25) is 5.91 Å². The topological polar surface area (TPSA) is 55.8 Å². The van der Waals surface area contributed by atoms with E-state index in [2.05, 4.69) is 0 Å². The van der Waals surface area contributed by atoms with Gasteiger partial charge in [0.05, 0.1) is 26.1 Å². The zero-order chi connectivity index (χ0) is 12.7. The second-order valence-corrected chi connectivity index (χ2v) is 4.15. The fourth-order valence-corrected chi connectivity index (χ4v) is 2.02. The number of rotatable bonds is 5. The van der Waals surface area contributed by atoms with Crippen LogP contribution in [0.4, 0.5) is 0 Å². The number of likely N-dealkylation sites (tertiary alicyclic amines) is 1. The minimum Gasteiger partial charge on any atom is -0.469 e. The summed E-state index contributed by atoms with van der Waals surface area (Å²) in [5.41, 5.74) is 0. The second kappa shape index (κ2) is 7.27. The maximum Gasteiger partial charge on any atom is 0.310 e. The molecule has 1 rings (SSSR count). The van der Waals surface area contributed by atoms with Crippen molar-refractivity contribution in [1.29, 1.82) is 0 Å². The normalized spacial score (nSPS) is 20.1. The van der Waals surface area contributed by atoms with Gasteiger partial charge in [-0.1, -0.05) is 0 Å². The standard InChI is InChI=1S/C12H21NO4/c1-3-17-8-6-11(14)13-7-4-5-10(9-13)12(15)16-2/h10H,3-9H2,1-2H3/t10-/m0/s1. The largest absolute Gasteiger partial charge is 0.469 e. The van der Waals surface area contributed by atoms with Gasteiger partial charge < -0.3 is 14.4 Å². The first-order valence-electron chi connectivity index (χ1n) is 6.12. The van der Waals surface area contributed by atoms with Crippen LogP contribution in [0, 0.1) is 5.92 Å². The minimum atomic E-state index is -0.215. The lowest BCUT2D eigenvalue weighted by Gasteiger charge is -2.31. The molecule has 98 valence electrons. The van der Waals surface area contributed by atoms with Crippen molar-refractivity contribution in [2.45, 2.75) is 26.2 Å². The van der Waals surface area contributed by atoms with Crippen molar-refractivity contribution in [1.82, 2.24) is 4.90 Å². The molecular formula is C12H21NO4. The molecule has 17 heavy (non-hydrogen) atoms. The van der Waals surface area contributed by atoms with Crippen LogP contribution < -0.4 is 0 Å². The van der Waals surface area contributed by atoms with Crippen molar-refractivity contribution in [3.05, 3.63) is 0 Å². The average molecular weight is 243 g/mol. The Morgan fingerprint density at radius 3 is 2.82 bits per heavy atom. The smallest absolute Gasteiger partial charge is 0.310 e. The Bertz CT molecular complexity index is 267. The van der Waals surface area contributed by atoms with Crippen molar-refractivity contribution < 1.29 is 19.1 Å². The Kier molecular flexibility index (Phi) is 5.97. The van der Waals surface area contributed by atoms with Crippen molar-refractivity contribution in [3.8, 4) is 0 Å². The van der Waals surface area contributed by atoms with E-state index in [1.165, 1.54) is 7.11 Å². The van der Waals surface area contributed by atoms with Gasteiger partial charge >= 0.3 is 5.97 Å². The van der Waals surface area contributed by atoms with Crippen LogP contribution in [0.2, 0.25) is 0 Å². The van der Waals surface area contributed by atoms with E-state index in [1.807, 2.05) is 6.92 Å². The number of nitrogens with zero attached hydrogens (tertiary/aromatic N) is 1. The molecule has 0 spiro atoms. The van der Waals surface area contributed by atoms with Crippen LogP contribution in [0.15, 0.2) is 0 Å². The molecule has 0 saturated carbocycles. The lowest BCUT2D eigenvalue weighted by molar-refractivity contribution is -0.149. The highest BCUT2D eigenvalue weighted by molar-refractivity contribution is 5.78. The SMILES string of the molecule is CCOCCC(=O)N1CCC[C@H](C(=O)OC)C1. The van der Waals surface area contributed by atoms with Crippen LogP contribution in [-0.4, -0.2) is 50.2 Å². The summed E-state index contributed by atoms with van der Waals surface area (Å²) < 4.78 is 9.87. The summed E-state index contributed by atoms with van der Waals surface area (Å²) >= 11 is 0. The second-order valence-electron chi connectivity index (χ2n) is 4.15. The van der Waals surface area contributed by atoms with Gasteiger partial charge in [-0.25, -0.2) is 0 Å². The van der Waals surface area contributed by atoms with Gasteiger partial charge in [-0.05, 0) is 19.8 Å². The minimum absolute atomic E-state index is 0.0621. The van der Waals surface area contributed by atoms with E-state index < -0.39 is 0 Å². The van der Waals surface area contributed by atoms with E-state index >= 15 is 0 Å². The molecule has 0 radical (unpaired) electrons. The fourth-order valence-electron chi connectivity index (χ4n) is 2.02. The number of carbonyl (C=O) groups excluding carboxylic acids is 2. The van der Waals surface area contributed by atoms with E-state index in [0.29, 0.717) is 26.2 Å². The number of ether oxygens (including phenoxy) is 2. The summed E-state index contributed by atoms with van der Waals surface area (Å²) in [5, 5.41) is 0. The molecule has 0 aliphatic carbocycles. The third kappa shape index (κ3) is 4.34. The number of methoxy groups -OCH3 is 1. The first-order valence-corrected chi connectivity index (χ1v) is 6.12. The van der Waals surface area contributed by atoms with Crippen LogP contribution in [0.3, 0.4) is 0 Å². The zero-order valence-corrected chi connectivity index (χ0v) is 10.6. The Labute approximate surface area is 102 Å². The van der Waals surface area contributed by atoms with Gasteiger partial charge in [0.1, 0.15) is 0 Å². The van der Waals surface area contributed by atoms with E-state index in [4.69, 9.17) is 9.47 Å². The molecule has 1 aliphatic heterocycles. The zero-order valence-electron chi connectivity index (χ0n) is 10.6. The quantitative estimate of drug-likeness (QED) is 0.530. The molecular weight excluding hydrogens is 222 g/mol. The Morgan fingerprint density at radius 2 is 2.18 bits per heavy atom. The highest BCUT2D eigenvalue weighted by Gasteiger charge is 2.28. The maximum absolute atomic E-state index is 11.8. The molecule has 0 aromatic heterocycles. The number of amides is 1. The van der Waals surface area contributed by atoms with E-state index in [-0.39, 0.29) is 17.8 Å². The Hall–Kier alpha value is -1.10. The van der Waals surface area contributed by atoms with Gasteiger partial charge in [0.25, 0.3) is 0 Å². The molecule has 1 fully saturated rings. The van der Waals surface area contributed by atoms with E-state index in [9.17, 15) is 9.59 Å². The summed E-state index contributed by atoms with van der Waals surface area (Å²) in [6.07, 6.45) is 2.06. The van der Waals surface area contributed by atoms with Gasteiger partial charge in [-0.3, -0.25) is 9.59 Å². The summed E-state index contributed by atoms with van der Waals surface area (Å²) in [7, 11) is 1.39. The summed E-state index contributed by atoms with van der Waals surface area (Å²) in [6.45, 7) is 4.20. The van der Waals surface area contributed by atoms with Crippen LogP contribution in [0.1, 0.15) is 26.2 Å². The van der Waals surface area contributed by atoms with Gasteiger partial charge in [-0.15, -0.1) is 0 Å². The highest BCUT2D eigenvalue weighted by atomic mass is 16.5. The molecule has 1 heterocycles. The average Bonchev–Trinajstić information content (AvgIpc) is 2.38. The summed E-state index contributed by atoms with van der Waals surface area (Å²) in [4.78, 5) is 25.0. The number of esters is 1. The number of hydrogen-bond donors (Lipinski definition) is 0. The monoisotopic (exact) mass is 243 g/mol. The maximum atomic E-state index is 11.8. The van der Waals surface area contributed by atoms with Gasteiger partial charge in [0.15, 0.2) is 0 Å². The lowest BCUT2D eigenvalue weighted by atomic mass is 9.98. The van der Waals surface area contributed by atoms with Crippen LogP contribution in [0.25, 0.3) is 0 Å². The molecule has 1 atom stereocenters. The third-order valence-corrected chi connectivity index (χ3v) is 2.97. The molecule has 1 amide bonds. The van der Waals surface area contributed by atoms with Crippen LogP contribution >= 0.6 is 0 Å². The van der Waals surface area contributed by atoms with Crippen molar-refractivity contribution >= 4 is 11.9 Å². The van der Waals surface area contributed by atoms with E-state index in [1.54, 1.807) is 4.90 Å². The lowest BCUT2D eigenvalue weighted by Crippen LogP contribution is -2.42. The number of piperidine rings is 1. The van der Waals surface area contributed by atoms with Gasteiger partial charge in [-0.2, -0.15) is 0 Å². The van der Waals surface area contributed by atoms with Crippen LogP contribution in [-0.2, 0) is 19.1 Å². The molecule has 5 nitrogen and oxygen atoms in total. The predicted molar refractivity (Wildman–Crippen MR) is 62.4 cm³/mol. The molecule has 1 saturated heterocycles. The highest BCUT2D eigenvalue weighted by Crippen LogP contribution is 2.18. The first-order chi connectivity index (χ1) is 8.19. The van der Waals surface area contributed by atoms with Crippen molar-refractivity contribution in [2.24, 2.45) is 5.92 Å². The van der Waals surface area contributed by atoms with Gasteiger partial charge in [0, 0.05) is 19.7 Å². The Balaban J connectivity index is 2.37.